The van der Waals surface area contributed by atoms with Crippen LogP contribution in [-0.4, -0.2) is 35.0 Å². The van der Waals surface area contributed by atoms with Gasteiger partial charge in [-0.15, -0.1) is 0 Å². The van der Waals surface area contributed by atoms with E-state index >= 15 is 0 Å². The summed E-state index contributed by atoms with van der Waals surface area (Å²) in [5, 5.41) is 11.5. The van der Waals surface area contributed by atoms with Gasteiger partial charge in [0.2, 0.25) is 0 Å². The lowest BCUT2D eigenvalue weighted by Gasteiger charge is -2.13. The van der Waals surface area contributed by atoms with Crippen LogP contribution in [0.2, 0.25) is 0 Å². The van der Waals surface area contributed by atoms with Gasteiger partial charge in [0, 0.05) is 34.8 Å². The summed E-state index contributed by atoms with van der Waals surface area (Å²) in [5.41, 5.74) is 3.28. The number of hydrogen-bond acceptors (Lipinski definition) is 6. The van der Waals surface area contributed by atoms with Crippen LogP contribution in [0.15, 0.2) is 85.1 Å². The van der Waals surface area contributed by atoms with Gasteiger partial charge >= 0.3 is 6.03 Å². The van der Waals surface area contributed by atoms with E-state index in [1.165, 1.54) is 0 Å². The molecule has 1 aliphatic rings. The minimum absolute atomic E-state index is 0.0696. The Morgan fingerprint density at radius 2 is 1.60 bits per heavy atom. The summed E-state index contributed by atoms with van der Waals surface area (Å²) >= 11 is 0. The Bertz CT molecular complexity index is 1680. The predicted octanol–water partition coefficient (Wildman–Crippen LogP) is 6.93. The average molecular weight is 536 g/mol. The van der Waals surface area contributed by atoms with Gasteiger partial charge in [-0.25, -0.2) is 9.48 Å². The molecule has 1 saturated carbocycles. The molecule has 2 N–H and O–H groups in total. The molecule has 1 aliphatic carbocycles. The van der Waals surface area contributed by atoms with Crippen LogP contribution in [0.25, 0.3) is 16.6 Å². The van der Waals surface area contributed by atoms with E-state index in [9.17, 15) is 4.79 Å². The largest absolute Gasteiger partial charge is 0.493 e. The maximum absolute atomic E-state index is 13.0. The Balaban J connectivity index is 1.17. The van der Waals surface area contributed by atoms with Crippen molar-refractivity contribution in [1.82, 2.24) is 14.8 Å². The number of nitrogens with one attached hydrogen (secondary N) is 2. The molecule has 0 aliphatic heterocycles. The summed E-state index contributed by atoms with van der Waals surface area (Å²) < 4.78 is 18.7. The minimum Gasteiger partial charge on any atom is -0.493 e. The van der Waals surface area contributed by atoms with Gasteiger partial charge in [-0.3, -0.25) is 10.3 Å². The van der Waals surface area contributed by atoms with Crippen molar-refractivity contribution in [3.8, 4) is 28.7 Å². The Hall–Kier alpha value is -5.05. The molecule has 0 radical (unpaired) electrons. The third-order valence-electron chi connectivity index (χ3n) is 7.12. The molecular weight excluding hydrogens is 506 g/mol. The molecule has 2 heterocycles. The SMILES string of the molecule is COc1cc2nccc(Oc3ccc(NC(=O)Nc4cc(C5(C)CC5)nn4-c4ccccc4)cc3)c2cc1OC. The summed E-state index contributed by atoms with van der Waals surface area (Å²) in [7, 11) is 3.17. The zero-order valence-corrected chi connectivity index (χ0v) is 22.5. The molecule has 3 aromatic carbocycles. The summed E-state index contributed by atoms with van der Waals surface area (Å²) in [4.78, 5) is 17.4. The highest BCUT2D eigenvalue weighted by molar-refractivity contribution is 5.99. The predicted molar refractivity (Wildman–Crippen MR) is 154 cm³/mol. The summed E-state index contributed by atoms with van der Waals surface area (Å²) in [6.07, 6.45) is 3.87. The van der Waals surface area contributed by atoms with Gasteiger partial charge < -0.3 is 19.5 Å². The normalized spacial score (nSPS) is 13.5. The van der Waals surface area contributed by atoms with E-state index in [2.05, 4.69) is 22.5 Å². The standard InChI is InChI=1S/C31H29N5O4/c1-31(14-15-31)28-19-29(36(35-28)21-7-5-4-6-8-21)34-30(37)33-20-9-11-22(12-10-20)40-25-13-16-32-24-18-27(39-3)26(38-2)17-23(24)25/h4-13,16-19H,14-15H2,1-3H3,(H2,33,34,37). The first-order chi connectivity index (χ1) is 19.5. The fourth-order valence-electron chi connectivity index (χ4n) is 4.52. The van der Waals surface area contributed by atoms with E-state index in [1.54, 1.807) is 55.4 Å². The zero-order valence-electron chi connectivity index (χ0n) is 22.5. The molecule has 0 unspecified atom stereocenters. The van der Waals surface area contributed by atoms with Crippen LogP contribution in [-0.2, 0) is 5.41 Å². The maximum Gasteiger partial charge on any atom is 0.324 e. The molecular formula is C31H29N5O4. The van der Waals surface area contributed by atoms with Crippen molar-refractivity contribution in [2.75, 3.05) is 24.9 Å². The van der Waals surface area contributed by atoms with Crippen LogP contribution in [0.3, 0.4) is 0 Å². The van der Waals surface area contributed by atoms with Crippen LogP contribution in [0.5, 0.6) is 23.0 Å². The van der Waals surface area contributed by atoms with Gasteiger partial charge in [0.15, 0.2) is 11.5 Å². The van der Waals surface area contributed by atoms with Crippen LogP contribution in [0.1, 0.15) is 25.5 Å². The molecule has 40 heavy (non-hydrogen) atoms. The van der Waals surface area contributed by atoms with Crippen molar-refractivity contribution in [3.63, 3.8) is 0 Å². The van der Waals surface area contributed by atoms with Crippen LogP contribution in [0.4, 0.5) is 16.3 Å². The number of methoxy groups -OCH3 is 2. The number of hydrogen-bond donors (Lipinski definition) is 2. The second kappa shape index (κ2) is 10.3. The molecule has 0 bridgehead atoms. The van der Waals surface area contributed by atoms with E-state index in [4.69, 9.17) is 19.3 Å². The third kappa shape index (κ3) is 5.01. The number of benzene rings is 3. The molecule has 0 atom stereocenters. The van der Waals surface area contributed by atoms with Crippen molar-refractivity contribution in [2.45, 2.75) is 25.2 Å². The van der Waals surface area contributed by atoms with Gasteiger partial charge in [0.25, 0.3) is 0 Å². The fourth-order valence-corrected chi connectivity index (χ4v) is 4.52. The first kappa shape index (κ1) is 25.2. The minimum atomic E-state index is -0.362. The molecule has 9 heteroatoms. The van der Waals surface area contributed by atoms with E-state index < -0.39 is 0 Å². The van der Waals surface area contributed by atoms with E-state index in [-0.39, 0.29) is 11.4 Å². The lowest BCUT2D eigenvalue weighted by Crippen LogP contribution is -2.21. The Kier molecular flexibility index (Phi) is 6.47. The van der Waals surface area contributed by atoms with Gasteiger partial charge in [-0.2, -0.15) is 5.10 Å². The maximum atomic E-state index is 13.0. The van der Waals surface area contributed by atoms with Gasteiger partial charge in [-0.1, -0.05) is 25.1 Å². The second-order valence-electron chi connectivity index (χ2n) is 9.96. The number of fused-ring (bicyclic) bond motifs is 1. The Morgan fingerprint density at radius 3 is 2.30 bits per heavy atom. The molecule has 1 fully saturated rings. The highest BCUT2D eigenvalue weighted by atomic mass is 16.5. The smallest absolute Gasteiger partial charge is 0.324 e. The van der Waals surface area contributed by atoms with Gasteiger partial charge in [0.05, 0.1) is 31.1 Å². The molecule has 9 nitrogen and oxygen atoms in total. The highest BCUT2D eigenvalue weighted by Crippen LogP contribution is 2.47. The van der Waals surface area contributed by atoms with Gasteiger partial charge in [-0.05, 0) is 61.4 Å². The first-order valence-corrected chi connectivity index (χ1v) is 13.0. The lowest BCUT2D eigenvalue weighted by atomic mass is 10.1. The Labute approximate surface area is 231 Å². The monoisotopic (exact) mass is 535 g/mol. The summed E-state index contributed by atoms with van der Waals surface area (Å²) in [6, 6.07) is 24.0. The molecule has 6 rings (SSSR count). The van der Waals surface area contributed by atoms with Crippen molar-refractivity contribution < 1.29 is 19.0 Å². The van der Waals surface area contributed by atoms with Crippen molar-refractivity contribution in [3.05, 3.63) is 90.8 Å². The molecule has 5 aromatic rings. The van der Waals surface area contributed by atoms with Crippen LogP contribution < -0.4 is 24.8 Å². The number of carbonyl (C=O) groups is 1. The number of carbonyl (C=O) groups excluding carboxylic acids is 1. The molecule has 0 spiro atoms. The Morgan fingerprint density at radius 1 is 0.875 bits per heavy atom. The van der Waals surface area contributed by atoms with Crippen molar-refractivity contribution in [2.24, 2.45) is 0 Å². The number of rotatable bonds is 8. The van der Waals surface area contributed by atoms with Gasteiger partial charge in [0.1, 0.15) is 17.3 Å². The summed E-state index contributed by atoms with van der Waals surface area (Å²) in [6.45, 7) is 2.19. The van der Waals surface area contributed by atoms with E-state index in [1.807, 2.05) is 48.5 Å². The number of aromatic nitrogens is 3. The highest BCUT2D eigenvalue weighted by Gasteiger charge is 2.42. The lowest BCUT2D eigenvalue weighted by molar-refractivity contribution is 0.262. The van der Waals surface area contributed by atoms with E-state index in [0.717, 1.165) is 35.1 Å². The number of urea groups is 1. The number of pyridine rings is 1. The van der Waals surface area contributed by atoms with Crippen molar-refractivity contribution in [1.29, 1.82) is 0 Å². The zero-order chi connectivity index (χ0) is 27.7. The summed E-state index contributed by atoms with van der Waals surface area (Å²) in [5.74, 6) is 3.03. The number of nitrogens with zero attached hydrogens (tertiary/aromatic N) is 3. The number of amides is 2. The first-order valence-electron chi connectivity index (χ1n) is 13.0. The van der Waals surface area contributed by atoms with E-state index in [0.29, 0.717) is 34.5 Å². The third-order valence-corrected chi connectivity index (χ3v) is 7.12. The second-order valence-corrected chi connectivity index (χ2v) is 9.96. The molecule has 202 valence electrons. The molecule has 0 saturated heterocycles. The van der Waals surface area contributed by atoms with Crippen LogP contribution >= 0.6 is 0 Å². The fraction of sp³-hybridized carbons (Fsp3) is 0.194. The topological polar surface area (TPSA) is 99.5 Å². The van der Waals surface area contributed by atoms with Crippen molar-refractivity contribution >= 4 is 28.4 Å². The van der Waals surface area contributed by atoms with Crippen LogP contribution in [0, 0.1) is 0 Å². The quantitative estimate of drug-likeness (QED) is 0.224. The molecule has 2 aromatic heterocycles. The molecule has 2 amide bonds. The number of anilines is 2. The average Bonchev–Trinajstić information content (AvgIpc) is 3.59. The number of ether oxygens (including phenoxy) is 3. The number of para-hydroxylation sites is 1.